The van der Waals surface area contributed by atoms with Crippen LogP contribution in [-0.2, 0) is 0 Å². The van der Waals surface area contributed by atoms with Crippen LogP contribution >= 0.6 is 0 Å². The van der Waals surface area contributed by atoms with Crippen molar-refractivity contribution in [1.29, 1.82) is 0 Å². The summed E-state index contributed by atoms with van der Waals surface area (Å²) >= 11 is 0. The lowest BCUT2D eigenvalue weighted by Gasteiger charge is -2.19. The van der Waals surface area contributed by atoms with Crippen molar-refractivity contribution >= 4 is 0 Å². The summed E-state index contributed by atoms with van der Waals surface area (Å²) in [5.41, 5.74) is 0. The van der Waals surface area contributed by atoms with Gasteiger partial charge in [-0.05, 0) is 31.1 Å². The van der Waals surface area contributed by atoms with Crippen molar-refractivity contribution in [1.82, 2.24) is 0 Å². The number of hydrogen-bond donors (Lipinski definition) is 0. The Morgan fingerprint density at radius 3 is 2.25 bits per heavy atom. The molecule has 0 heterocycles. The van der Waals surface area contributed by atoms with Crippen molar-refractivity contribution in [3.8, 4) is 0 Å². The molecule has 0 amide bonds. The van der Waals surface area contributed by atoms with Gasteiger partial charge >= 0.3 is 0 Å². The summed E-state index contributed by atoms with van der Waals surface area (Å²) in [6.07, 6.45) is 25.0. The van der Waals surface area contributed by atoms with E-state index in [4.69, 9.17) is 0 Å². The highest BCUT2D eigenvalue weighted by Gasteiger charge is 2.25. The van der Waals surface area contributed by atoms with Gasteiger partial charge in [-0.2, -0.15) is 0 Å². The molecule has 0 nitrogen and oxygen atoms in total. The summed E-state index contributed by atoms with van der Waals surface area (Å²) in [6, 6.07) is 0. The maximum absolute atomic E-state index is 3.72. The van der Waals surface area contributed by atoms with Gasteiger partial charge in [0.05, 0.1) is 0 Å². The van der Waals surface area contributed by atoms with E-state index >= 15 is 0 Å². The predicted octanol–water partition coefficient (Wildman–Crippen LogP) is 7.07. The smallest absolute Gasteiger partial charge is 0.0348 e. The molecule has 0 radical (unpaired) electrons. The highest BCUT2D eigenvalue weighted by Crippen LogP contribution is 2.38. The van der Waals surface area contributed by atoms with E-state index in [0.29, 0.717) is 0 Å². The van der Waals surface area contributed by atoms with Crippen LogP contribution in [0.15, 0.2) is 24.8 Å². The van der Waals surface area contributed by atoms with Crippen molar-refractivity contribution < 1.29 is 0 Å². The maximum atomic E-state index is 3.72. The van der Waals surface area contributed by atoms with Crippen molar-refractivity contribution in [3.63, 3.8) is 0 Å². The van der Waals surface area contributed by atoms with E-state index in [9.17, 15) is 0 Å². The summed E-state index contributed by atoms with van der Waals surface area (Å²) in [5, 5.41) is 0. The molecule has 20 heavy (non-hydrogen) atoms. The normalized spacial score (nSPS) is 22.6. The molecule has 1 aliphatic carbocycles. The molecule has 0 aromatic carbocycles. The fourth-order valence-electron chi connectivity index (χ4n) is 3.75. The van der Waals surface area contributed by atoms with Gasteiger partial charge in [0.2, 0.25) is 0 Å². The molecule has 0 aromatic rings. The average molecular weight is 277 g/mol. The van der Waals surface area contributed by atoms with E-state index < -0.39 is 0 Å². The Balaban J connectivity index is 2.05. The summed E-state index contributed by atoms with van der Waals surface area (Å²) < 4.78 is 0. The maximum Gasteiger partial charge on any atom is -0.0348 e. The molecule has 1 aliphatic rings. The molecule has 0 saturated heterocycles. The summed E-state index contributed by atoms with van der Waals surface area (Å²) in [5.74, 6) is 2.10. The molecule has 0 aromatic heterocycles. The van der Waals surface area contributed by atoms with E-state index in [-0.39, 0.29) is 0 Å². The SMILES string of the molecule is C=C/C=C/CCC[C@H]1CCC[C@@H]1CCCCCCCC. The topological polar surface area (TPSA) is 0 Å². The van der Waals surface area contributed by atoms with Crippen LogP contribution in [0.3, 0.4) is 0 Å². The molecular weight excluding hydrogens is 240 g/mol. The van der Waals surface area contributed by atoms with Gasteiger partial charge in [0.25, 0.3) is 0 Å². The zero-order valence-corrected chi connectivity index (χ0v) is 13.8. The molecule has 0 unspecified atom stereocenters. The molecule has 0 N–H and O–H groups in total. The third kappa shape index (κ3) is 7.92. The lowest BCUT2D eigenvalue weighted by atomic mass is 9.87. The van der Waals surface area contributed by atoms with Crippen LogP contribution < -0.4 is 0 Å². The second kappa shape index (κ2) is 12.2. The standard InChI is InChI=1S/C20H36/c1-3-5-7-9-11-13-16-20-18-14-17-19(20)15-12-10-8-6-4-2/h4,6,8,19-20H,2-3,5,7,9-18H2,1H3/b8-6+/t19-,20-/m0/s1. The summed E-state index contributed by atoms with van der Waals surface area (Å²) in [7, 11) is 0. The Kier molecular flexibility index (Phi) is 10.7. The summed E-state index contributed by atoms with van der Waals surface area (Å²) in [6.45, 7) is 6.02. The number of allylic oxidation sites excluding steroid dienone is 3. The van der Waals surface area contributed by atoms with Crippen LogP contribution in [0, 0.1) is 11.8 Å². The van der Waals surface area contributed by atoms with Gasteiger partial charge in [0, 0.05) is 0 Å². The fourth-order valence-corrected chi connectivity index (χ4v) is 3.75. The predicted molar refractivity (Wildman–Crippen MR) is 92.0 cm³/mol. The lowest BCUT2D eigenvalue weighted by molar-refractivity contribution is 0.327. The minimum Gasteiger partial charge on any atom is -0.0991 e. The van der Waals surface area contributed by atoms with Crippen LogP contribution in [0.1, 0.15) is 90.4 Å². The van der Waals surface area contributed by atoms with Crippen LogP contribution in [0.4, 0.5) is 0 Å². The van der Waals surface area contributed by atoms with E-state index in [2.05, 4.69) is 25.7 Å². The Bertz CT molecular complexity index is 251. The fraction of sp³-hybridized carbons (Fsp3) is 0.800. The van der Waals surface area contributed by atoms with E-state index in [1.807, 2.05) is 6.08 Å². The first-order chi connectivity index (χ1) is 9.88. The van der Waals surface area contributed by atoms with Crippen LogP contribution in [0.2, 0.25) is 0 Å². The van der Waals surface area contributed by atoms with Gasteiger partial charge in [-0.1, -0.05) is 95.9 Å². The minimum atomic E-state index is 1.04. The van der Waals surface area contributed by atoms with E-state index in [1.165, 1.54) is 83.5 Å². The Morgan fingerprint density at radius 2 is 1.55 bits per heavy atom. The number of rotatable bonds is 12. The molecule has 2 atom stereocenters. The average Bonchev–Trinajstić information content (AvgIpc) is 2.90. The first kappa shape index (κ1) is 17.5. The Labute approximate surface area is 127 Å². The molecular formula is C20H36. The van der Waals surface area contributed by atoms with Gasteiger partial charge in [0.15, 0.2) is 0 Å². The van der Waals surface area contributed by atoms with E-state index in [1.54, 1.807) is 0 Å². The van der Waals surface area contributed by atoms with Crippen molar-refractivity contribution in [2.24, 2.45) is 11.8 Å². The molecule has 1 rings (SSSR count). The number of unbranched alkanes of at least 4 members (excludes halogenated alkanes) is 6. The lowest BCUT2D eigenvalue weighted by Crippen LogP contribution is -2.07. The van der Waals surface area contributed by atoms with Crippen molar-refractivity contribution in [2.75, 3.05) is 0 Å². The summed E-state index contributed by atoms with van der Waals surface area (Å²) in [4.78, 5) is 0. The highest BCUT2D eigenvalue weighted by molar-refractivity contribution is 4.96. The second-order valence-corrected chi connectivity index (χ2v) is 6.60. The highest BCUT2D eigenvalue weighted by atomic mass is 14.3. The largest absolute Gasteiger partial charge is 0.0991 e. The van der Waals surface area contributed by atoms with Crippen LogP contribution in [0.25, 0.3) is 0 Å². The third-order valence-electron chi connectivity index (χ3n) is 4.96. The molecule has 116 valence electrons. The zero-order chi connectivity index (χ0) is 14.5. The first-order valence-corrected chi connectivity index (χ1v) is 9.16. The number of hydrogen-bond acceptors (Lipinski definition) is 0. The minimum absolute atomic E-state index is 1.04. The monoisotopic (exact) mass is 276 g/mol. The molecule has 1 fully saturated rings. The molecule has 1 saturated carbocycles. The Morgan fingerprint density at radius 1 is 0.900 bits per heavy atom. The second-order valence-electron chi connectivity index (χ2n) is 6.60. The molecule has 0 heteroatoms. The van der Waals surface area contributed by atoms with Gasteiger partial charge < -0.3 is 0 Å². The van der Waals surface area contributed by atoms with Crippen molar-refractivity contribution in [3.05, 3.63) is 24.8 Å². The molecule has 0 spiro atoms. The van der Waals surface area contributed by atoms with Crippen LogP contribution in [-0.4, -0.2) is 0 Å². The third-order valence-corrected chi connectivity index (χ3v) is 4.96. The van der Waals surface area contributed by atoms with Crippen molar-refractivity contribution in [2.45, 2.75) is 90.4 Å². The van der Waals surface area contributed by atoms with E-state index in [0.717, 1.165) is 11.8 Å². The van der Waals surface area contributed by atoms with Crippen LogP contribution in [0.5, 0.6) is 0 Å². The molecule has 0 bridgehead atoms. The Hall–Kier alpha value is -0.520. The first-order valence-electron chi connectivity index (χ1n) is 9.16. The van der Waals surface area contributed by atoms with Gasteiger partial charge in [0.1, 0.15) is 0 Å². The quantitative estimate of drug-likeness (QED) is 0.264. The van der Waals surface area contributed by atoms with Gasteiger partial charge in [-0.15, -0.1) is 0 Å². The van der Waals surface area contributed by atoms with Gasteiger partial charge in [-0.25, -0.2) is 0 Å². The molecule has 0 aliphatic heterocycles. The zero-order valence-electron chi connectivity index (χ0n) is 13.8. The van der Waals surface area contributed by atoms with Gasteiger partial charge in [-0.3, -0.25) is 0 Å².